The lowest BCUT2D eigenvalue weighted by atomic mass is 10.00. The van der Waals surface area contributed by atoms with Gasteiger partial charge in [0.05, 0.1) is 0 Å². The number of benzene rings is 1. The van der Waals surface area contributed by atoms with Crippen molar-refractivity contribution in [3.8, 4) is 0 Å². The highest BCUT2D eigenvalue weighted by Crippen LogP contribution is 2.25. The summed E-state index contributed by atoms with van der Waals surface area (Å²) in [5, 5.41) is 12.2. The second-order valence-electron chi connectivity index (χ2n) is 3.61. The van der Waals surface area contributed by atoms with Crippen LogP contribution in [0.5, 0.6) is 0 Å². The first-order chi connectivity index (χ1) is 6.86. The van der Waals surface area contributed by atoms with Crippen LogP contribution in [0.4, 0.5) is 0 Å². The molecule has 0 saturated heterocycles. The van der Waals surface area contributed by atoms with Crippen molar-refractivity contribution in [1.82, 2.24) is 0 Å². The molecular weight excluding hydrogens is 172 g/mol. The summed E-state index contributed by atoms with van der Waals surface area (Å²) in [7, 11) is 0. The molecule has 0 fully saturated rings. The van der Waals surface area contributed by atoms with Crippen molar-refractivity contribution in [1.29, 1.82) is 0 Å². The van der Waals surface area contributed by atoms with Gasteiger partial charge < -0.3 is 5.11 Å². The maximum Gasteiger partial charge on any atom is 0.104 e. The number of aliphatic hydroxyl groups excluding tert-OH is 1. The molecule has 0 amide bonds. The van der Waals surface area contributed by atoms with Gasteiger partial charge in [0.25, 0.3) is 0 Å². The Morgan fingerprint density at radius 2 is 1.93 bits per heavy atom. The molecule has 0 radical (unpaired) electrons. The van der Waals surface area contributed by atoms with Crippen LogP contribution in [0.2, 0.25) is 0 Å². The summed E-state index contributed by atoms with van der Waals surface area (Å²) in [5.41, 5.74) is 2.15. The third kappa shape index (κ3) is 0.896. The summed E-state index contributed by atoms with van der Waals surface area (Å²) in [6, 6.07) is 8.22. The standard InChI is InChI=1S/C13H10O/c14-13-7-3-6-11-10-5-2-1-4-9(10)8-12(11)13/h1-6,8,14H,7H2. The molecule has 1 aromatic rings. The van der Waals surface area contributed by atoms with E-state index >= 15 is 0 Å². The van der Waals surface area contributed by atoms with E-state index in [4.69, 9.17) is 0 Å². The van der Waals surface area contributed by atoms with E-state index < -0.39 is 0 Å². The van der Waals surface area contributed by atoms with Crippen molar-refractivity contribution < 1.29 is 5.11 Å². The van der Waals surface area contributed by atoms with Crippen molar-refractivity contribution in [2.75, 3.05) is 0 Å². The molecule has 1 N–H and O–H groups in total. The highest BCUT2D eigenvalue weighted by Gasteiger charge is 2.15. The van der Waals surface area contributed by atoms with Crippen molar-refractivity contribution in [2.24, 2.45) is 0 Å². The van der Waals surface area contributed by atoms with E-state index in [-0.39, 0.29) is 0 Å². The van der Waals surface area contributed by atoms with Crippen LogP contribution in [0.3, 0.4) is 0 Å². The van der Waals surface area contributed by atoms with Gasteiger partial charge in [0.15, 0.2) is 0 Å². The van der Waals surface area contributed by atoms with Crippen molar-refractivity contribution in [3.63, 3.8) is 0 Å². The van der Waals surface area contributed by atoms with Gasteiger partial charge in [-0.3, -0.25) is 0 Å². The molecule has 0 unspecified atom stereocenters. The lowest BCUT2D eigenvalue weighted by molar-refractivity contribution is 0.398. The molecule has 1 aromatic carbocycles. The maximum atomic E-state index is 9.73. The molecule has 0 aliphatic heterocycles. The topological polar surface area (TPSA) is 20.2 Å². The predicted molar refractivity (Wildman–Crippen MR) is 57.0 cm³/mol. The molecule has 0 saturated carbocycles. The van der Waals surface area contributed by atoms with Gasteiger partial charge in [-0.05, 0) is 22.1 Å². The van der Waals surface area contributed by atoms with Gasteiger partial charge in [0, 0.05) is 12.0 Å². The number of rotatable bonds is 0. The highest BCUT2D eigenvalue weighted by molar-refractivity contribution is 5.88. The monoisotopic (exact) mass is 182 g/mol. The van der Waals surface area contributed by atoms with E-state index in [9.17, 15) is 5.11 Å². The molecule has 3 rings (SSSR count). The molecule has 1 heteroatoms. The van der Waals surface area contributed by atoms with Crippen molar-refractivity contribution in [3.05, 3.63) is 58.2 Å². The van der Waals surface area contributed by atoms with Crippen LogP contribution in [0.15, 0.2) is 47.7 Å². The second kappa shape index (κ2) is 2.61. The number of allylic oxidation sites excluding steroid dienone is 3. The van der Waals surface area contributed by atoms with Crippen LogP contribution >= 0.6 is 0 Å². The van der Waals surface area contributed by atoms with Gasteiger partial charge in [0.1, 0.15) is 5.76 Å². The maximum absolute atomic E-state index is 9.73. The first-order valence-corrected chi connectivity index (χ1v) is 4.76. The van der Waals surface area contributed by atoms with Crippen molar-refractivity contribution in [2.45, 2.75) is 6.42 Å². The summed E-state index contributed by atoms with van der Waals surface area (Å²) >= 11 is 0. The molecule has 0 aromatic heterocycles. The van der Waals surface area contributed by atoms with E-state index in [1.54, 1.807) is 0 Å². The lowest BCUT2D eigenvalue weighted by Crippen LogP contribution is -2.21. The van der Waals surface area contributed by atoms with Gasteiger partial charge in [-0.15, -0.1) is 0 Å². The second-order valence-corrected chi connectivity index (χ2v) is 3.61. The van der Waals surface area contributed by atoms with E-state index in [1.165, 1.54) is 10.4 Å². The van der Waals surface area contributed by atoms with Gasteiger partial charge in [0.2, 0.25) is 0 Å². The van der Waals surface area contributed by atoms with Gasteiger partial charge >= 0.3 is 0 Å². The van der Waals surface area contributed by atoms with Crippen LogP contribution in [0.1, 0.15) is 6.42 Å². The summed E-state index contributed by atoms with van der Waals surface area (Å²) in [5.74, 6) is 0.485. The molecule has 68 valence electrons. The SMILES string of the molecule is OC1=C2C=c3ccccc3=C2C=CC1. The molecule has 14 heavy (non-hydrogen) atoms. The third-order valence-electron chi connectivity index (χ3n) is 2.75. The van der Waals surface area contributed by atoms with Gasteiger partial charge in [-0.1, -0.05) is 36.4 Å². The van der Waals surface area contributed by atoms with Gasteiger partial charge in [-0.25, -0.2) is 0 Å². The first-order valence-electron chi connectivity index (χ1n) is 4.76. The minimum Gasteiger partial charge on any atom is -0.511 e. The minimum absolute atomic E-state index is 0.485. The summed E-state index contributed by atoms with van der Waals surface area (Å²) in [4.78, 5) is 0. The molecular formula is C13H10O. The Kier molecular flexibility index (Phi) is 1.42. The van der Waals surface area contributed by atoms with Crippen LogP contribution in [0, 0.1) is 0 Å². The van der Waals surface area contributed by atoms with E-state index in [2.05, 4.69) is 24.3 Å². The number of hydrogen-bond acceptors (Lipinski definition) is 1. The van der Waals surface area contributed by atoms with Crippen LogP contribution in [-0.2, 0) is 0 Å². The Morgan fingerprint density at radius 1 is 1.07 bits per heavy atom. The quantitative estimate of drug-likeness (QED) is 0.643. The molecule has 2 aliphatic carbocycles. The minimum atomic E-state index is 0.485. The third-order valence-corrected chi connectivity index (χ3v) is 2.75. The lowest BCUT2D eigenvalue weighted by Gasteiger charge is -2.08. The van der Waals surface area contributed by atoms with Gasteiger partial charge in [-0.2, -0.15) is 0 Å². The summed E-state index contributed by atoms with van der Waals surface area (Å²) < 4.78 is 0. The molecule has 0 heterocycles. The normalized spacial score (nSPS) is 17.9. The van der Waals surface area contributed by atoms with Crippen LogP contribution < -0.4 is 10.4 Å². The molecule has 0 atom stereocenters. The zero-order valence-electron chi connectivity index (χ0n) is 7.70. The summed E-state index contributed by atoms with van der Waals surface area (Å²) in [6.45, 7) is 0. The smallest absolute Gasteiger partial charge is 0.104 e. The van der Waals surface area contributed by atoms with Crippen LogP contribution in [0.25, 0.3) is 11.6 Å². The average molecular weight is 182 g/mol. The fraction of sp³-hybridized carbons (Fsp3) is 0.0769. The zero-order valence-corrected chi connectivity index (χ0v) is 7.70. The van der Waals surface area contributed by atoms with Crippen LogP contribution in [-0.4, -0.2) is 5.11 Å². The Hall–Kier alpha value is -1.76. The molecule has 2 aliphatic rings. The number of aliphatic hydroxyl groups is 1. The fourth-order valence-electron chi connectivity index (χ4n) is 2.06. The molecule has 0 bridgehead atoms. The summed E-state index contributed by atoms with van der Waals surface area (Å²) in [6.07, 6.45) is 6.81. The largest absolute Gasteiger partial charge is 0.511 e. The fourth-order valence-corrected chi connectivity index (χ4v) is 2.06. The van der Waals surface area contributed by atoms with E-state index in [0.717, 1.165) is 11.1 Å². The molecule has 0 spiro atoms. The van der Waals surface area contributed by atoms with Crippen molar-refractivity contribution >= 4 is 11.6 Å². The Balaban J connectivity index is 2.49. The zero-order chi connectivity index (χ0) is 9.54. The molecule has 1 nitrogen and oxygen atoms in total. The number of fused-ring (bicyclic) bond motifs is 2. The predicted octanol–water partition coefficient (Wildman–Crippen LogP) is 1.40. The first kappa shape index (κ1) is 7.63. The highest BCUT2D eigenvalue weighted by atomic mass is 16.3. The Bertz CT molecular complexity index is 573. The Labute approximate surface area is 82.0 Å². The average Bonchev–Trinajstić information content (AvgIpc) is 2.59. The Morgan fingerprint density at radius 3 is 2.86 bits per heavy atom. The van der Waals surface area contributed by atoms with E-state index in [1.807, 2.05) is 18.2 Å². The number of hydrogen-bond donors (Lipinski definition) is 1. The van der Waals surface area contributed by atoms with E-state index in [0.29, 0.717) is 12.2 Å².